The lowest BCUT2D eigenvalue weighted by molar-refractivity contribution is -0.137. The van der Waals surface area contributed by atoms with Crippen LogP contribution in [0.2, 0.25) is 0 Å². The highest BCUT2D eigenvalue weighted by atomic mass is 16.2. The molecule has 0 saturated heterocycles. The third-order valence-corrected chi connectivity index (χ3v) is 5.10. The summed E-state index contributed by atoms with van der Waals surface area (Å²) in [5, 5.41) is 3.23. The molecule has 0 aromatic heterocycles. The van der Waals surface area contributed by atoms with Crippen LogP contribution in [0.3, 0.4) is 0 Å². The van der Waals surface area contributed by atoms with E-state index < -0.39 is 0 Å². The minimum Gasteiger partial charge on any atom is -0.350 e. The number of amides is 2. The third kappa shape index (κ3) is 3.69. The number of hydrogen-bond acceptors (Lipinski definition) is 3. The van der Waals surface area contributed by atoms with Gasteiger partial charge in [0.2, 0.25) is 0 Å². The fourth-order valence-electron chi connectivity index (χ4n) is 3.43. The molecule has 0 saturated carbocycles. The SMILES string of the molecule is Cc1ccc(CN2C(=O)C(Nc3ccccc3C)=C(c3ccccc3)C2=O)cc1. The Labute approximate surface area is 170 Å². The average molecular weight is 382 g/mol. The van der Waals surface area contributed by atoms with E-state index in [1.165, 1.54) is 4.90 Å². The molecule has 0 spiro atoms. The molecule has 3 aromatic carbocycles. The van der Waals surface area contributed by atoms with E-state index in [1.54, 1.807) is 0 Å². The molecule has 0 atom stereocenters. The lowest BCUT2D eigenvalue weighted by Crippen LogP contribution is -2.32. The van der Waals surface area contributed by atoms with Crippen molar-refractivity contribution in [1.29, 1.82) is 0 Å². The molecule has 1 N–H and O–H groups in total. The molecule has 2 amide bonds. The number of anilines is 1. The van der Waals surface area contributed by atoms with Crippen molar-refractivity contribution in [3.05, 3.63) is 107 Å². The quantitative estimate of drug-likeness (QED) is 0.651. The number of nitrogens with zero attached hydrogens (tertiary/aromatic N) is 1. The fourth-order valence-corrected chi connectivity index (χ4v) is 3.43. The predicted octanol–water partition coefficient (Wildman–Crippen LogP) is 4.70. The number of carbonyl (C=O) groups excluding carboxylic acids is 2. The van der Waals surface area contributed by atoms with Gasteiger partial charge in [-0.25, -0.2) is 0 Å². The summed E-state index contributed by atoms with van der Waals surface area (Å²) < 4.78 is 0. The van der Waals surface area contributed by atoms with Gasteiger partial charge in [-0.1, -0.05) is 78.4 Å². The second kappa shape index (κ2) is 7.76. The first-order valence-corrected chi connectivity index (χ1v) is 9.58. The van der Waals surface area contributed by atoms with Crippen LogP contribution >= 0.6 is 0 Å². The Balaban J connectivity index is 1.73. The molecule has 29 heavy (non-hydrogen) atoms. The van der Waals surface area contributed by atoms with E-state index in [-0.39, 0.29) is 18.4 Å². The van der Waals surface area contributed by atoms with Gasteiger partial charge in [0.15, 0.2) is 0 Å². The maximum absolute atomic E-state index is 13.3. The number of aryl methyl sites for hydroxylation is 2. The number of rotatable bonds is 5. The molecule has 0 fully saturated rings. The zero-order valence-corrected chi connectivity index (χ0v) is 16.5. The summed E-state index contributed by atoms with van der Waals surface area (Å²) in [5.74, 6) is -0.587. The standard InChI is InChI=1S/C25H22N2O2/c1-17-12-14-19(15-13-17)16-27-24(28)22(20-9-4-3-5-10-20)23(25(27)29)26-21-11-7-6-8-18(21)2/h3-15,26H,16H2,1-2H3. The smallest absolute Gasteiger partial charge is 0.278 e. The molecule has 4 heteroatoms. The van der Waals surface area contributed by atoms with Crippen molar-refractivity contribution in [2.45, 2.75) is 20.4 Å². The van der Waals surface area contributed by atoms with Gasteiger partial charge in [0.25, 0.3) is 11.8 Å². The maximum Gasteiger partial charge on any atom is 0.278 e. The van der Waals surface area contributed by atoms with Crippen molar-refractivity contribution in [1.82, 2.24) is 4.90 Å². The molecular formula is C25H22N2O2. The highest BCUT2D eigenvalue weighted by Gasteiger charge is 2.39. The Morgan fingerprint density at radius 1 is 0.759 bits per heavy atom. The maximum atomic E-state index is 13.3. The zero-order chi connectivity index (χ0) is 20.4. The van der Waals surface area contributed by atoms with Crippen LogP contribution in [0.15, 0.2) is 84.6 Å². The van der Waals surface area contributed by atoms with E-state index in [4.69, 9.17) is 0 Å². The van der Waals surface area contributed by atoms with Crippen LogP contribution in [-0.2, 0) is 16.1 Å². The highest BCUT2D eigenvalue weighted by molar-refractivity contribution is 6.36. The molecule has 3 aromatic rings. The molecule has 0 unspecified atom stereocenters. The fraction of sp³-hybridized carbons (Fsp3) is 0.120. The van der Waals surface area contributed by atoms with Gasteiger partial charge in [0.05, 0.1) is 12.1 Å². The number of para-hydroxylation sites is 1. The second-order valence-electron chi connectivity index (χ2n) is 7.24. The van der Waals surface area contributed by atoms with Gasteiger partial charge < -0.3 is 5.32 Å². The molecular weight excluding hydrogens is 360 g/mol. The lowest BCUT2D eigenvalue weighted by Gasteiger charge is -2.16. The Hall–Kier alpha value is -3.66. The van der Waals surface area contributed by atoms with E-state index in [0.29, 0.717) is 11.3 Å². The summed E-state index contributed by atoms with van der Waals surface area (Å²) in [6, 6.07) is 24.9. The summed E-state index contributed by atoms with van der Waals surface area (Å²) in [6.45, 7) is 4.22. The summed E-state index contributed by atoms with van der Waals surface area (Å²) in [7, 11) is 0. The normalized spacial score (nSPS) is 13.9. The van der Waals surface area contributed by atoms with Crippen molar-refractivity contribution >= 4 is 23.1 Å². The van der Waals surface area contributed by atoms with Crippen molar-refractivity contribution in [3.8, 4) is 0 Å². The Morgan fingerprint density at radius 3 is 2.10 bits per heavy atom. The summed E-state index contributed by atoms with van der Waals surface area (Å²) >= 11 is 0. The minimum absolute atomic E-state index is 0.243. The van der Waals surface area contributed by atoms with Crippen LogP contribution < -0.4 is 5.32 Å². The van der Waals surface area contributed by atoms with Crippen LogP contribution in [0.4, 0.5) is 5.69 Å². The molecule has 4 rings (SSSR count). The Kier molecular flexibility index (Phi) is 5.00. The van der Waals surface area contributed by atoms with E-state index in [2.05, 4.69) is 5.32 Å². The molecule has 1 aliphatic rings. The van der Waals surface area contributed by atoms with Crippen LogP contribution in [0, 0.1) is 13.8 Å². The van der Waals surface area contributed by atoms with Gasteiger partial charge in [0, 0.05) is 5.69 Å². The Bertz CT molecular complexity index is 1100. The van der Waals surface area contributed by atoms with Gasteiger partial charge in [-0.3, -0.25) is 14.5 Å². The molecule has 1 heterocycles. The van der Waals surface area contributed by atoms with Crippen LogP contribution in [0.1, 0.15) is 22.3 Å². The van der Waals surface area contributed by atoms with E-state index in [0.717, 1.165) is 27.9 Å². The molecule has 4 nitrogen and oxygen atoms in total. The summed E-state index contributed by atoms with van der Waals surface area (Å²) in [4.78, 5) is 27.9. The first-order chi connectivity index (χ1) is 14.0. The largest absolute Gasteiger partial charge is 0.350 e. The minimum atomic E-state index is -0.308. The second-order valence-corrected chi connectivity index (χ2v) is 7.24. The van der Waals surface area contributed by atoms with Crippen LogP contribution in [0.5, 0.6) is 0 Å². The number of nitrogens with one attached hydrogen (secondary N) is 1. The summed E-state index contributed by atoms with van der Waals surface area (Å²) in [6.07, 6.45) is 0. The van der Waals surface area contributed by atoms with E-state index in [1.807, 2.05) is 92.7 Å². The molecule has 1 aliphatic heterocycles. The Morgan fingerprint density at radius 2 is 1.41 bits per heavy atom. The third-order valence-electron chi connectivity index (χ3n) is 5.10. The highest BCUT2D eigenvalue weighted by Crippen LogP contribution is 2.32. The first-order valence-electron chi connectivity index (χ1n) is 9.58. The zero-order valence-electron chi connectivity index (χ0n) is 16.5. The van der Waals surface area contributed by atoms with Crippen molar-refractivity contribution in [3.63, 3.8) is 0 Å². The molecule has 0 radical (unpaired) electrons. The van der Waals surface area contributed by atoms with Crippen LogP contribution in [-0.4, -0.2) is 16.7 Å². The monoisotopic (exact) mass is 382 g/mol. The van der Waals surface area contributed by atoms with E-state index >= 15 is 0 Å². The summed E-state index contributed by atoms with van der Waals surface area (Å²) in [5.41, 5.74) is 5.33. The van der Waals surface area contributed by atoms with Crippen LogP contribution in [0.25, 0.3) is 5.57 Å². The number of benzene rings is 3. The average Bonchev–Trinajstić information content (AvgIpc) is 2.96. The molecule has 0 bridgehead atoms. The first kappa shape index (κ1) is 18.7. The van der Waals surface area contributed by atoms with Gasteiger partial charge in [-0.2, -0.15) is 0 Å². The predicted molar refractivity (Wildman–Crippen MR) is 115 cm³/mol. The molecule has 0 aliphatic carbocycles. The molecule has 144 valence electrons. The topological polar surface area (TPSA) is 49.4 Å². The van der Waals surface area contributed by atoms with Crippen molar-refractivity contribution in [2.24, 2.45) is 0 Å². The van der Waals surface area contributed by atoms with Gasteiger partial charge >= 0.3 is 0 Å². The van der Waals surface area contributed by atoms with Gasteiger partial charge in [-0.05, 0) is 36.6 Å². The van der Waals surface area contributed by atoms with E-state index in [9.17, 15) is 9.59 Å². The van der Waals surface area contributed by atoms with Gasteiger partial charge in [-0.15, -0.1) is 0 Å². The number of carbonyl (C=O) groups is 2. The van der Waals surface area contributed by atoms with Gasteiger partial charge in [0.1, 0.15) is 5.70 Å². The number of imide groups is 1. The lowest BCUT2D eigenvalue weighted by atomic mass is 10.0. The van der Waals surface area contributed by atoms with Crippen molar-refractivity contribution in [2.75, 3.05) is 5.32 Å². The van der Waals surface area contributed by atoms with Crippen molar-refractivity contribution < 1.29 is 9.59 Å². The number of hydrogen-bond donors (Lipinski definition) is 1.